The largest absolute Gasteiger partial charge is 0.445 e. The van der Waals surface area contributed by atoms with E-state index in [0.717, 1.165) is 23.3 Å². The van der Waals surface area contributed by atoms with Gasteiger partial charge < -0.3 is 14.7 Å². The van der Waals surface area contributed by atoms with Crippen LogP contribution in [-0.4, -0.2) is 46.2 Å². The maximum Gasteiger partial charge on any atom is 0.410 e. The van der Waals surface area contributed by atoms with Gasteiger partial charge in [0, 0.05) is 24.7 Å². The number of nitrogens with zero attached hydrogens (tertiary/aromatic N) is 2. The molecule has 8 heteroatoms. The predicted molar refractivity (Wildman–Crippen MR) is 125 cm³/mol. The van der Waals surface area contributed by atoms with Crippen LogP contribution in [0.25, 0.3) is 0 Å². The number of aliphatic hydroxyl groups excluding tert-OH is 1. The molecule has 1 heterocycles. The Morgan fingerprint density at radius 3 is 2.32 bits per heavy atom. The Hall–Kier alpha value is -3.00. The number of ether oxygens (including phenoxy) is 1. The number of halogens is 3. The highest BCUT2D eigenvalue weighted by Gasteiger charge is 2.38. The summed E-state index contributed by atoms with van der Waals surface area (Å²) in [6, 6.07) is 20.0. The Morgan fingerprint density at radius 1 is 0.941 bits per heavy atom. The average molecular weight is 487 g/mol. The molecule has 0 aliphatic carbocycles. The average Bonchev–Trinajstić information content (AvgIpc) is 3.23. The first-order valence-corrected chi connectivity index (χ1v) is 11.3. The van der Waals surface area contributed by atoms with Crippen molar-refractivity contribution in [2.75, 3.05) is 13.1 Å². The van der Waals surface area contributed by atoms with E-state index in [1.165, 1.54) is 11.0 Å². The van der Waals surface area contributed by atoms with Crippen molar-refractivity contribution in [2.45, 2.75) is 31.8 Å². The first-order chi connectivity index (χ1) is 16.4. The van der Waals surface area contributed by atoms with Crippen LogP contribution < -0.4 is 0 Å². The van der Waals surface area contributed by atoms with Crippen molar-refractivity contribution in [3.8, 4) is 0 Å². The highest BCUT2D eigenvalue weighted by Crippen LogP contribution is 2.24. The van der Waals surface area contributed by atoms with Crippen LogP contribution in [0.3, 0.4) is 0 Å². The Morgan fingerprint density at radius 2 is 1.62 bits per heavy atom. The SMILES string of the molecule is O=C(OCc1ccccc1)N1C[C@@H](O)[C@H](N(Cc2ccc(Cl)cc2)Cc2ccc(F)c(F)c2)C1. The van der Waals surface area contributed by atoms with Crippen LogP contribution in [0.5, 0.6) is 0 Å². The minimum absolute atomic E-state index is 0.118. The van der Waals surface area contributed by atoms with Crippen molar-refractivity contribution in [2.24, 2.45) is 0 Å². The van der Waals surface area contributed by atoms with Crippen LogP contribution in [0.4, 0.5) is 13.6 Å². The van der Waals surface area contributed by atoms with Gasteiger partial charge in [0.2, 0.25) is 0 Å². The van der Waals surface area contributed by atoms with Gasteiger partial charge >= 0.3 is 6.09 Å². The van der Waals surface area contributed by atoms with E-state index in [9.17, 15) is 18.7 Å². The van der Waals surface area contributed by atoms with E-state index in [-0.39, 0.29) is 26.2 Å². The molecule has 0 spiro atoms. The number of benzene rings is 3. The first kappa shape index (κ1) is 24.1. The summed E-state index contributed by atoms with van der Waals surface area (Å²) in [5.41, 5.74) is 2.37. The van der Waals surface area contributed by atoms with Gasteiger partial charge in [-0.05, 0) is 41.0 Å². The van der Waals surface area contributed by atoms with Gasteiger partial charge in [0.25, 0.3) is 0 Å². The van der Waals surface area contributed by atoms with Crippen molar-refractivity contribution in [1.29, 1.82) is 0 Å². The van der Waals surface area contributed by atoms with Crippen molar-refractivity contribution in [3.05, 3.63) is 106 Å². The number of β-amino-alcohol motifs (C(OH)–C–C–N with tert-alkyl or cyclic N) is 1. The second kappa shape index (κ2) is 11.0. The number of amides is 1. The minimum Gasteiger partial charge on any atom is -0.445 e. The molecule has 4 rings (SSSR count). The van der Waals surface area contributed by atoms with Gasteiger partial charge in [0.15, 0.2) is 11.6 Å². The van der Waals surface area contributed by atoms with E-state index in [1.807, 2.05) is 47.4 Å². The second-order valence-electron chi connectivity index (χ2n) is 8.36. The fourth-order valence-electron chi connectivity index (χ4n) is 4.08. The maximum absolute atomic E-state index is 13.8. The van der Waals surface area contributed by atoms with E-state index in [0.29, 0.717) is 17.1 Å². The minimum atomic E-state index is -0.929. The number of rotatable bonds is 7. The van der Waals surface area contributed by atoms with Gasteiger partial charge in [-0.3, -0.25) is 4.90 Å². The number of aliphatic hydroxyl groups is 1. The Kier molecular flexibility index (Phi) is 7.77. The third-order valence-electron chi connectivity index (χ3n) is 5.86. The Bertz CT molecular complexity index is 1110. The molecule has 1 N–H and O–H groups in total. The monoisotopic (exact) mass is 486 g/mol. The van der Waals surface area contributed by atoms with E-state index >= 15 is 0 Å². The van der Waals surface area contributed by atoms with Crippen LogP contribution in [0, 0.1) is 11.6 Å². The summed E-state index contributed by atoms with van der Waals surface area (Å²) in [6.07, 6.45) is -1.34. The van der Waals surface area contributed by atoms with Crippen molar-refractivity contribution in [1.82, 2.24) is 9.80 Å². The zero-order valence-corrected chi connectivity index (χ0v) is 19.2. The lowest BCUT2D eigenvalue weighted by Crippen LogP contribution is -2.42. The summed E-state index contributed by atoms with van der Waals surface area (Å²) in [7, 11) is 0. The number of carbonyl (C=O) groups is 1. The third-order valence-corrected chi connectivity index (χ3v) is 6.11. The molecule has 0 aromatic heterocycles. The molecule has 2 atom stereocenters. The van der Waals surface area contributed by atoms with Gasteiger partial charge in [0.05, 0.1) is 18.7 Å². The second-order valence-corrected chi connectivity index (χ2v) is 8.80. The van der Waals surface area contributed by atoms with E-state index < -0.39 is 29.9 Å². The quantitative estimate of drug-likeness (QED) is 0.510. The lowest BCUT2D eigenvalue weighted by atomic mass is 10.1. The first-order valence-electron chi connectivity index (χ1n) is 10.9. The molecular formula is C26H25ClF2N2O3. The van der Waals surface area contributed by atoms with Gasteiger partial charge in [-0.15, -0.1) is 0 Å². The summed E-state index contributed by atoms with van der Waals surface area (Å²) in [4.78, 5) is 16.1. The number of likely N-dealkylation sites (tertiary alicyclic amines) is 1. The van der Waals surface area contributed by atoms with Gasteiger partial charge in [-0.1, -0.05) is 60.1 Å². The zero-order chi connectivity index (χ0) is 24.1. The molecule has 1 saturated heterocycles. The predicted octanol–water partition coefficient (Wildman–Crippen LogP) is 5.00. The van der Waals surface area contributed by atoms with Gasteiger partial charge in [-0.25, -0.2) is 13.6 Å². The van der Waals surface area contributed by atoms with Crippen molar-refractivity contribution in [3.63, 3.8) is 0 Å². The molecule has 3 aromatic carbocycles. The summed E-state index contributed by atoms with van der Waals surface area (Å²) in [5, 5.41) is 11.4. The Balaban J connectivity index is 1.48. The zero-order valence-electron chi connectivity index (χ0n) is 18.4. The summed E-state index contributed by atoms with van der Waals surface area (Å²) < 4.78 is 32.7. The Labute approximate surface area is 202 Å². The number of hydrogen-bond donors (Lipinski definition) is 1. The van der Waals surface area contributed by atoms with Gasteiger partial charge in [0.1, 0.15) is 6.61 Å². The lowest BCUT2D eigenvalue weighted by molar-refractivity contribution is 0.0727. The van der Waals surface area contributed by atoms with E-state index in [4.69, 9.17) is 16.3 Å². The van der Waals surface area contributed by atoms with Gasteiger partial charge in [-0.2, -0.15) is 0 Å². The molecule has 0 unspecified atom stereocenters. The molecule has 0 bridgehead atoms. The van der Waals surface area contributed by atoms with Crippen molar-refractivity contribution >= 4 is 17.7 Å². The molecule has 1 amide bonds. The van der Waals surface area contributed by atoms with Crippen LogP contribution in [0.15, 0.2) is 72.8 Å². The molecule has 0 radical (unpaired) electrons. The number of carbonyl (C=O) groups excluding carboxylic acids is 1. The topological polar surface area (TPSA) is 53.0 Å². The fourth-order valence-corrected chi connectivity index (χ4v) is 4.20. The fraction of sp³-hybridized carbons (Fsp3) is 0.269. The van der Waals surface area contributed by atoms with E-state index in [1.54, 1.807) is 12.1 Å². The molecule has 1 aliphatic rings. The molecule has 1 aliphatic heterocycles. The molecule has 0 saturated carbocycles. The molecule has 3 aromatic rings. The summed E-state index contributed by atoms with van der Waals surface area (Å²) in [5.74, 6) is -1.84. The number of hydrogen-bond acceptors (Lipinski definition) is 4. The third kappa shape index (κ3) is 6.11. The van der Waals surface area contributed by atoms with E-state index in [2.05, 4.69) is 0 Å². The normalized spacial score (nSPS) is 17.9. The molecule has 34 heavy (non-hydrogen) atoms. The summed E-state index contributed by atoms with van der Waals surface area (Å²) >= 11 is 6.00. The van der Waals surface area contributed by atoms with Crippen LogP contribution in [-0.2, 0) is 24.4 Å². The maximum atomic E-state index is 13.8. The highest BCUT2D eigenvalue weighted by atomic mass is 35.5. The van der Waals surface area contributed by atoms with Crippen molar-refractivity contribution < 1.29 is 23.4 Å². The lowest BCUT2D eigenvalue weighted by Gasteiger charge is -2.30. The molecule has 1 fully saturated rings. The van der Waals surface area contributed by atoms with Crippen LogP contribution in [0.1, 0.15) is 16.7 Å². The molecular weight excluding hydrogens is 462 g/mol. The van der Waals surface area contributed by atoms with Crippen LogP contribution in [0.2, 0.25) is 5.02 Å². The molecule has 178 valence electrons. The highest BCUT2D eigenvalue weighted by molar-refractivity contribution is 6.30. The smallest absolute Gasteiger partial charge is 0.410 e. The molecule has 5 nitrogen and oxygen atoms in total. The standard InChI is InChI=1S/C26H25ClF2N2O3/c27-21-9-6-18(7-10-21)13-30(14-20-8-11-22(28)23(29)12-20)24-15-31(16-25(24)32)26(33)34-17-19-4-2-1-3-5-19/h1-12,24-25,32H,13-17H2/t24-,25-/m1/s1. The van der Waals surface area contributed by atoms with Crippen LogP contribution >= 0.6 is 11.6 Å². The summed E-state index contributed by atoms with van der Waals surface area (Å²) in [6.45, 7) is 1.18.